The van der Waals surface area contributed by atoms with Crippen molar-refractivity contribution in [1.82, 2.24) is 0 Å². The van der Waals surface area contributed by atoms with Crippen LogP contribution in [0.25, 0.3) is 0 Å². The lowest BCUT2D eigenvalue weighted by Crippen LogP contribution is -2.17. The molecule has 0 aromatic heterocycles. The molecule has 5 heteroatoms. The minimum atomic E-state index is -1.17. The quantitative estimate of drug-likeness (QED) is 0.646. The number of ether oxygens (including phenoxy) is 2. The summed E-state index contributed by atoms with van der Waals surface area (Å²) in [6, 6.07) is 11.2. The van der Waals surface area contributed by atoms with E-state index in [1.807, 2.05) is 0 Å². The second-order valence-electron chi connectivity index (χ2n) is 7.06. The van der Waals surface area contributed by atoms with E-state index >= 15 is 0 Å². The smallest absolute Gasteiger partial charge is 0.344 e. The van der Waals surface area contributed by atoms with Crippen LogP contribution in [0.1, 0.15) is 47.1 Å². The van der Waals surface area contributed by atoms with Gasteiger partial charge in [-0.25, -0.2) is 9.59 Å². The minimum Gasteiger partial charge on any atom is -0.493 e. The molecule has 2 aromatic rings. The van der Waals surface area contributed by atoms with Crippen LogP contribution in [0.5, 0.6) is 11.5 Å². The van der Waals surface area contributed by atoms with Gasteiger partial charge in [0, 0.05) is 0 Å². The number of aryl methyl sites for hydroxylation is 1. The number of carboxylic acids is 1. The van der Waals surface area contributed by atoms with Gasteiger partial charge in [0.15, 0.2) is 0 Å². The molecule has 0 amide bonds. The van der Waals surface area contributed by atoms with Crippen molar-refractivity contribution in [3.8, 4) is 11.5 Å². The maximum atomic E-state index is 12.3. The van der Waals surface area contributed by atoms with E-state index in [1.165, 1.54) is 12.1 Å². The van der Waals surface area contributed by atoms with Gasteiger partial charge in [0.25, 0.3) is 0 Å². The Labute approximate surface area is 147 Å². The fourth-order valence-electron chi connectivity index (χ4n) is 2.08. The lowest BCUT2D eigenvalue weighted by molar-refractivity contribution is 0.0668. The van der Waals surface area contributed by atoms with Gasteiger partial charge in [0.2, 0.25) is 0 Å². The highest BCUT2D eigenvalue weighted by Crippen LogP contribution is 2.22. The molecular weight excluding hydrogens is 320 g/mol. The summed E-state index contributed by atoms with van der Waals surface area (Å²) < 4.78 is 11.0. The van der Waals surface area contributed by atoms with E-state index in [2.05, 4.69) is 20.8 Å². The normalized spacial score (nSPS) is 11.0. The second kappa shape index (κ2) is 7.38. The average Bonchev–Trinajstić information content (AvgIpc) is 2.53. The maximum Gasteiger partial charge on any atom is 0.344 e. The van der Waals surface area contributed by atoms with Gasteiger partial charge in [-0.15, -0.1) is 0 Å². The van der Waals surface area contributed by atoms with Crippen molar-refractivity contribution in [3.05, 3.63) is 59.2 Å². The molecule has 0 heterocycles. The molecule has 0 radical (unpaired) electrons. The predicted octanol–water partition coefficient (Wildman–Crippen LogP) is 4.34. The van der Waals surface area contributed by atoms with Crippen molar-refractivity contribution in [2.75, 3.05) is 6.61 Å². The molecule has 0 aliphatic carbocycles. The standard InChI is InChI=1S/C20H22O5/c1-13-5-10-16(18(21)22)17(11-13)19(23)25-15-8-6-14(7-9-15)24-12-20(2,3)4/h5-11H,12H2,1-4H3,(H,21,22). The van der Waals surface area contributed by atoms with Gasteiger partial charge in [0.1, 0.15) is 11.5 Å². The topological polar surface area (TPSA) is 72.8 Å². The van der Waals surface area contributed by atoms with E-state index in [0.717, 1.165) is 5.56 Å². The van der Waals surface area contributed by atoms with Crippen LogP contribution in [0.4, 0.5) is 0 Å². The Bertz CT molecular complexity index is 770. The molecule has 0 saturated carbocycles. The van der Waals surface area contributed by atoms with Crippen molar-refractivity contribution in [1.29, 1.82) is 0 Å². The Morgan fingerprint density at radius 1 is 0.960 bits per heavy atom. The van der Waals surface area contributed by atoms with Crippen LogP contribution in [-0.2, 0) is 0 Å². The van der Waals surface area contributed by atoms with E-state index in [0.29, 0.717) is 18.1 Å². The molecule has 0 unspecified atom stereocenters. The first-order valence-electron chi connectivity index (χ1n) is 7.95. The van der Waals surface area contributed by atoms with Crippen molar-refractivity contribution in [2.45, 2.75) is 27.7 Å². The summed E-state index contributed by atoms with van der Waals surface area (Å²) in [5, 5.41) is 9.21. The van der Waals surface area contributed by atoms with Crippen LogP contribution >= 0.6 is 0 Å². The molecular formula is C20H22O5. The van der Waals surface area contributed by atoms with Gasteiger partial charge >= 0.3 is 11.9 Å². The first kappa shape index (κ1) is 18.5. The fourth-order valence-corrected chi connectivity index (χ4v) is 2.08. The number of rotatable bonds is 5. The molecule has 0 saturated heterocycles. The molecule has 0 bridgehead atoms. The molecule has 2 aromatic carbocycles. The van der Waals surface area contributed by atoms with Crippen LogP contribution in [-0.4, -0.2) is 23.7 Å². The Morgan fingerprint density at radius 2 is 1.56 bits per heavy atom. The van der Waals surface area contributed by atoms with Crippen molar-refractivity contribution in [2.24, 2.45) is 5.41 Å². The summed E-state index contributed by atoms with van der Waals surface area (Å²) in [4.78, 5) is 23.6. The van der Waals surface area contributed by atoms with Crippen LogP contribution in [0.2, 0.25) is 0 Å². The second-order valence-corrected chi connectivity index (χ2v) is 7.06. The van der Waals surface area contributed by atoms with E-state index in [9.17, 15) is 14.7 Å². The SMILES string of the molecule is Cc1ccc(C(=O)O)c(C(=O)Oc2ccc(OCC(C)(C)C)cc2)c1. The summed E-state index contributed by atoms with van der Waals surface area (Å²) in [5.74, 6) is -0.871. The highest BCUT2D eigenvalue weighted by Gasteiger charge is 2.18. The zero-order chi connectivity index (χ0) is 18.6. The zero-order valence-electron chi connectivity index (χ0n) is 14.8. The Morgan fingerprint density at radius 3 is 2.12 bits per heavy atom. The predicted molar refractivity (Wildman–Crippen MR) is 94.5 cm³/mol. The molecule has 0 aliphatic heterocycles. The first-order chi connectivity index (χ1) is 11.7. The fraction of sp³-hybridized carbons (Fsp3) is 0.300. The molecule has 5 nitrogen and oxygen atoms in total. The van der Waals surface area contributed by atoms with Crippen LogP contribution in [0.15, 0.2) is 42.5 Å². The number of carboxylic acid groups (broad SMARTS) is 1. The molecule has 0 aliphatic rings. The number of carbonyl (C=O) groups excluding carboxylic acids is 1. The third-order valence-electron chi connectivity index (χ3n) is 3.33. The average molecular weight is 342 g/mol. The van der Waals surface area contributed by atoms with Crippen LogP contribution in [0, 0.1) is 12.3 Å². The lowest BCUT2D eigenvalue weighted by Gasteiger charge is -2.18. The summed E-state index contributed by atoms with van der Waals surface area (Å²) in [5.41, 5.74) is 0.771. The van der Waals surface area contributed by atoms with Crippen molar-refractivity contribution >= 4 is 11.9 Å². The number of hydrogen-bond acceptors (Lipinski definition) is 4. The molecule has 25 heavy (non-hydrogen) atoms. The Kier molecular flexibility index (Phi) is 5.47. The number of carbonyl (C=O) groups is 2. The lowest BCUT2D eigenvalue weighted by atomic mass is 9.99. The van der Waals surface area contributed by atoms with Gasteiger partial charge in [-0.2, -0.15) is 0 Å². The Balaban J connectivity index is 2.11. The van der Waals surface area contributed by atoms with Crippen molar-refractivity contribution < 1.29 is 24.2 Å². The molecule has 0 spiro atoms. The zero-order valence-corrected chi connectivity index (χ0v) is 14.8. The van der Waals surface area contributed by atoms with E-state index < -0.39 is 11.9 Å². The van der Waals surface area contributed by atoms with E-state index in [-0.39, 0.29) is 16.5 Å². The molecule has 0 atom stereocenters. The number of aromatic carboxylic acids is 1. The summed E-state index contributed by atoms with van der Waals surface area (Å²) >= 11 is 0. The van der Waals surface area contributed by atoms with E-state index in [4.69, 9.17) is 9.47 Å². The van der Waals surface area contributed by atoms with Gasteiger partial charge in [0.05, 0.1) is 17.7 Å². The van der Waals surface area contributed by atoms with Crippen LogP contribution in [0.3, 0.4) is 0 Å². The van der Waals surface area contributed by atoms with Gasteiger partial charge in [-0.3, -0.25) is 0 Å². The van der Waals surface area contributed by atoms with Crippen LogP contribution < -0.4 is 9.47 Å². The van der Waals surface area contributed by atoms with E-state index in [1.54, 1.807) is 37.3 Å². The van der Waals surface area contributed by atoms with Crippen molar-refractivity contribution in [3.63, 3.8) is 0 Å². The highest BCUT2D eigenvalue weighted by atomic mass is 16.5. The molecule has 0 fully saturated rings. The molecule has 132 valence electrons. The third-order valence-corrected chi connectivity index (χ3v) is 3.33. The molecule has 2 rings (SSSR count). The largest absolute Gasteiger partial charge is 0.493 e. The summed E-state index contributed by atoms with van der Waals surface area (Å²) in [7, 11) is 0. The van der Waals surface area contributed by atoms with Gasteiger partial charge in [-0.05, 0) is 48.7 Å². The molecule has 1 N–H and O–H groups in total. The van der Waals surface area contributed by atoms with Gasteiger partial charge in [-0.1, -0.05) is 32.4 Å². The summed E-state index contributed by atoms with van der Waals surface area (Å²) in [6.07, 6.45) is 0. The number of hydrogen-bond donors (Lipinski definition) is 1. The third kappa shape index (κ3) is 5.35. The monoisotopic (exact) mass is 342 g/mol. The Hall–Kier alpha value is -2.82. The highest BCUT2D eigenvalue weighted by molar-refractivity contribution is 6.03. The maximum absolute atomic E-state index is 12.3. The first-order valence-corrected chi connectivity index (χ1v) is 7.95. The summed E-state index contributed by atoms with van der Waals surface area (Å²) in [6.45, 7) is 8.57. The van der Waals surface area contributed by atoms with Gasteiger partial charge < -0.3 is 14.6 Å². The number of benzene rings is 2. The number of esters is 1. The minimum absolute atomic E-state index is 0.0283.